The van der Waals surface area contributed by atoms with Gasteiger partial charge < -0.3 is 5.73 Å². The summed E-state index contributed by atoms with van der Waals surface area (Å²) in [4.78, 5) is 8.22. The van der Waals surface area contributed by atoms with Crippen LogP contribution >= 0.6 is 11.3 Å². The van der Waals surface area contributed by atoms with E-state index in [0.717, 1.165) is 19.0 Å². The van der Waals surface area contributed by atoms with E-state index in [-0.39, 0.29) is 5.54 Å². The van der Waals surface area contributed by atoms with E-state index < -0.39 is 0 Å². The Morgan fingerprint density at radius 3 is 2.63 bits per heavy atom. The fourth-order valence-electron chi connectivity index (χ4n) is 3.23. The number of nitrogens with zero attached hydrogens (tertiary/aromatic N) is 2. The van der Waals surface area contributed by atoms with E-state index in [4.69, 9.17) is 5.73 Å². The van der Waals surface area contributed by atoms with Gasteiger partial charge >= 0.3 is 0 Å². The molecule has 0 atom stereocenters. The first-order chi connectivity index (χ1) is 9.11. The van der Waals surface area contributed by atoms with Crippen molar-refractivity contribution in [3.63, 3.8) is 0 Å². The van der Waals surface area contributed by atoms with E-state index in [0.29, 0.717) is 0 Å². The van der Waals surface area contributed by atoms with Gasteiger partial charge in [-0.2, -0.15) is 0 Å². The van der Waals surface area contributed by atoms with Crippen LogP contribution in [-0.4, -0.2) is 29.0 Å². The molecule has 4 heteroatoms. The number of hydrogen-bond acceptors (Lipinski definition) is 4. The van der Waals surface area contributed by atoms with E-state index in [1.165, 1.54) is 42.7 Å². The number of aryl methyl sites for hydroxylation is 1. The Bertz CT molecular complexity index is 394. The maximum atomic E-state index is 6.14. The fraction of sp³-hybridized carbons (Fsp3) is 0.800. The van der Waals surface area contributed by atoms with Crippen molar-refractivity contribution in [2.75, 3.05) is 13.6 Å². The van der Waals surface area contributed by atoms with Gasteiger partial charge in [0.05, 0.1) is 11.2 Å². The van der Waals surface area contributed by atoms with Crippen LogP contribution in [0.3, 0.4) is 0 Å². The smallest absolute Gasteiger partial charge is 0.0798 e. The quantitative estimate of drug-likeness (QED) is 0.901. The summed E-state index contributed by atoms with van der Waals surface area (Å²) < 4.78 is 0. The van der Waals surface area contributed by atoms with Crippen molar-refractivity contribution in [3.05, 3.63) is 16.1 Å². The minimum atomic E-state index is 0.210. The van der Waals surface area contributed by atoms with Crippen molar-refractivity contribution >= 4 is 11.3 Å². The summed E-state index contributed by atoms with van der Waals surface area (Å²) in [6.45, 7) is 6.18. The molecule has 0 aromatic carbocycles. The molecule has 1 heterocycles. The number of aromatic nitrogens is 1. The minimum Gasteiger partial charge on any atom is -0.329 e. The highest BCUT2D eigenvalue weighted by Gasteiger charge is 2.37. The molecule has 19 heavy (non-hydrogen) atoms. The van der Waals surface area contributed by atoms with Crippen molar-refractivity contribution in [2.24, 2.45) is 11.7 Å². The van der Waals surface area contributed by atoms with Crippen LogP contribution in [0.1, 0.15) is 49.6 Å². The van der Waals surface area contributed by atoms with Gasteiger partial charge in [-0.05, 0) is 45.6 Å². The Morgan fingerprint density at radius 1 is 1.47 bits per heavy atom. The second kappa shape index (κ2) is 6.33. The van der Waals surface area contributed by atoms with Gasteiger partial charge in [-0.25, -0.2) is 4.98 Å². The molecule has 1 aromatic heterocycles. The molecule has 2 N–H and O–H groups in total. The molecular formula is C15H27N3S. The Kier molecular flexibility index (Phi) is 4.98. The minimum absolute atomic E-state index is 0.210. The zero-order valence-electron chi connectivity index (χ0n) is 12.5. The molecule has 0 radical (unpaired) electrons. The summed E-state index contributed by atoms with van der Waals surface area (Å²) in [6, 6.07) is 0. The molecule has 1 aromatic rings. The zero-order valence-corrected chi connectivity index (χ0v) is 13.3. The van der Waals surface area contributed by atoms with E-state index in [9.17, 15) is 0 Å². The molecular weight excluding hydrogens is 254 g/mol. The Balaban J connectivity index is 2.03. The number of thiazole rings is 1. The molecule has 2 rings (SSSR count). The van der Waals surface area contributed by atoms with E-state index >= 15 is 0 Å². The standard InChI is InChI=1S/C15H27N3S/c1-4-13-5-7-15(10-16,8-6-13)18(3)9-14-12(2)17-11-19-14/h11,13H,4-10,16H2,1-3H3. The molecule has 0 spiro atoms. The van der Waals surface area contributed by atoms with Crippen LogP contribution < -0.4 is 5.73 Å². The number of hydrogen-bond donors (Lipinski definition) is 1. The third-order valence-electron chi connectivity index (χ3n) is 5.03. The lowest BCUT2D eigenvalue weighted by atomic mass is 9.74. The first-order valence-corrected chi connectivity index (χ1v) is 8.29. The average molecular weight is 281 g/mol. The summed E-state index contributed by atoms with van der Waals surface area (Å²) >= 11 is 1.76. The van der Waals surface area contributed by atoms with E-state index in [1.807, 2.05) is 5.51 Å². The highest BCUT2D eigenvalue weighted by Crippen LogP contribution is 2.37. The zero-order chi connectivity index (χ0) is 13.9. The second-order valence-electron chi connectivity index (χ2n) is 6.00. The highest BCUT2D eigenvalue weighted by molar-refractivity contribution is 7.09. The van der Waals surface area contributed by atoms with Crippen molar-refractivity contribution in [2.45, 2.75) is 58.0 Å². The summed E-state index contributed by atoms with van der Waals surface area (Å²) in [5.41, 5.74) is 9.47. The predicted molar refractivity (Wildman–Crippen MR) is 82.4 cm³/mol. The van der Waals surface area contributed by atoms with Crippen LogP contribution in [-0.2, 0) is 6.54 Å². The van der Waals surface area contributed by atoms with Crippen LogP contribution in [0, 0.1) is 12.8 Å². The summed E-state index contributed by atoms with van der Waals surface area (Å²) in [5, 5.41) is 0. The molecule has 0 amide bonds. The first kappa shape index (κ1) is 14.9. The van der Waals surface area contributed by atoms with Crippen molar-refractivity contribution in [1.82, 2.24) is 9.88 Å². The summed E-state index contributed by atoms with van der Waals surface area (Å²) in [6.07, 6.45) is 6.48. The molecule has 1 aliphatic rings. The molecule has 0 aliphatic heterocycles. The van der Waals surface area contributed by atoms with E-state index in [1.54, 1.807) is 11.3 Å². The van der Waals surface area contributed by atoms with Crippen molar-refractivity contribution in [1.29, 1.82) is 0 Å². The Labute approximate surface area is 121 Å². The summed E-state index contributed by atoms with van der Waals surface area (Å²) in [5.74, 6) is 0.915. The maximum absolute atomic E-state index is 6.14. The van der Waals surface area contributed by atoms with Crippen molar-refractivity contribution in [3.8, 4) is 0 Å². The van der Waals surface area contributed by atoms with Gasteiger partial charge in [0.25, 0.3) is 0 Å². The lowest BCUT2D eigenvalue weighted by molar-refractivity contribution is 0.0585. The lowest BCUT2D eigenvalue weighted by Crippen LogP contribution is -2.53. The van der Waals surface area contributed by atoms with E-state index in [2.05, 4.69) is 30.8 Å². The largest absolute Gasteiger partial charge is 0.329 e. The monoisotopic (exact) mass is 281 g/mol. The van der Waals surface area contributed by atoms with Gasteiger partial charge in [-0.1, -0.05) is 13.3 Å². The maximum Gasteiger partial charge on any atom is 0.0798 e. The van der Waals surface area contributed by atoms with Gasteiger partial charge in [0, 0.05) is 23.5 Å². The molecule has 1 saturated carbocycles. The van der Waals surface area contributed by atoms with Crippen LogP contribution in [0.15, 0.2) is 5.51 Å². The van der Waals surface area contributed by atoms with Gasteiger partial charge in [0.2, 0.25) is 0 Å². The Morgan fingerprint density at radius 2 is 2.16 bits per heavy atom. The fourth-order valence-corrected chi connectivity index (χ4v) is 4.06. The highest BCUT2D eigenvalue weighted by atomic mass is 32.1. The molecule has 3 nitrogen and oxygen atoms in total. The average Bonchev–Trinajstić information content (AvgIpc) is 2.84. The number of likely N-dealkylation sites (N-methyl/N-ethyl adjacent to an activating group) is 1. The molecule has 1 fully saturated rings. The van der Waals surface area contributed by atoms with Crippen LogP contribution in [0.5, 0.6) is 0 Å². The third-order valence-corrected chi connectivity index (χ3v) is 5.95. The predicted octanol–water partition coefficient (Wildman–Crippen LogP) is 3.18. The number of rotatable bonds is 5. The summed E-state index contributed by atoms with van der Waals surface area (Å²) in [7, 11) is 2.23. The molecule has 108 valence electrons. The van der Waals surface area contributed by atoms with Gasteiger partial charge in [0.1, 0.15) is 0 Å². The number of nitrogens with two attached hydrogens (primary N) is 1. The van der Waals surface area contributed by atoms with Crippen LogP contribution in [0.2, 0.25) is 0 Å². The van der Waals surface area contributed by atoms with Crippen LogP contribution in [0.25, 0.3) is 0 Å². The van der Waals surface area contributed by atoms with Crippen LogP contribution in [0.4, 0.5) is 0 Å². The first-order valence-electron chi connectivity index (χ1n) is 7.41. The van der Waals surface area contributed by atoms with Gasteiger partial charge in [-0.3, -0.25) is 4.90 Å². The van der Waals surface area contributed by atoms with Gasteiger partial charge in [-0.15, -0.1) is 11.3 Å². The molecule has 0 bridgehead atoms. The van der Waals surface area contributed by atoms with Gasteiger partial charge in [0.15, 0.2) is 0 Å². The molecule has 0 unspecified atom stereocenters. The van der Waals surface area contributed by atoms with Crippen molar-refractivity contribution < 1.29 is 0 Å². The second-order valence-corrected chi connectivity index (χ2v) is 6.94. The SMILES string of the molecule is CCC1CCC(CN)(N(C)Cc2scnc2C)CC1. The normalized spacial score (nSPS) is 27.9. The lowest BCUT2D eigenvalue weighted by Gasteiger charge is -2.46. The molecule has 1 aliphatic carbocycles. The third kappa shape index (κ3) is 3.18. The Hall–Kier alpha value is -0.450. The topological polar surface area (TPSA) is 42.1 Å². The molecule has 0 saturated heterocycles.